The average molecular weight is 340 g/mol. The predicted octanol–water partition coefficient (Wildman–Crippen LogP) is 2.82. The molecule has 0 spiro atoms. The van der Waals surface area contributed by atoms with E-state index < -0.39 is 6.10 Å². The van der Waals surface area contributed by atoms with E-state index in [1.807, 2.05) is 55.5 Å². The van der Waals surface area contributed by atoms with Crippen molar-refractivity contribution >= 4 is 5.91 Å². The fourth-order valence-electron chi connectivity index (χ4n) is 2.88. The molecule has 0 radical (unpaired) electrons. The summed E-state index contributed by atoms with van der Waals surface area (Å²) in [5.74, 6) is 1.60. The molecular weight excluding hydrogens is 316 g/mol. The number of hydrogen-bond acceptors (Lipinski definition) is 4. The van der Waals surface area contributed by atoms with Crippen LogP contribution in [0.25, 0.3) is 0 Å². The van der Waals surface area contributed by atoms with E-state index in [2.05, 4.69) is 16.3 Å². The normalized spacial score (nSPS) is 17.9. The monoisotopic (exact) mass is 340 g/mol. The first-order valence-corrected chi connectivity index (χ1v) is 8.68. The van der Waals surface area contributed by atoms with Crippen LogP contribution in [-0.2, 0) is 16.1 Å². The number of morpholine rings is 1. The van der Waals surface area contributed by atoms with Gasteiger partial charge in [-0.3, -0.25) is 9.69 Å². The topological polar surface area (TPSA) is 50.8 Å². The summed E-state index contributed by atoms with van der Waals surface area (Å²) in [5, 5.41) is 2.83. The van der Waals surface area contributed by atoms with Crippen molar-refractivity contribution in [3.05, 3.63) is 60.2 Å². The van der Waals surface area contributed by atoms with Crippen molar-refractivity contribution < 1.29 is 14.3 Å². The van der Waals surface area contributed by atoms with Gasteiger partial charge in [0.2, 0.25) is 5.91 Å². The van der Waals surface area contributed by atoms with Gasteiger partial charge in [-0.1, -0.05) is 30.3 Å². The Balaban J connectivity index is 1.61. The number of nitrogens with zero attached hydrogens (tertiary/aromatic N) is 1. The summed E-state index contributed by atoms with van der Waals surface area (Å²) in [7, 11) is 0. The largest absolute Gasteiger partial charge is 0.457 e. The van der Waals surface area contributed by atoms with Gasteiger partial charge < -0.3 is 14.8 Å². The van der Waals surface area contributed by atoms with Gasteiger partial charge in [-0.25, -0.2) is 0 Å². The lowest BCUT2D eigenvalue weighted by atomic mass is 10.1. The van der Waals surface area contributed by atoms with Crippen LogP contribution in [0.15, 0.2) is 54.6 Å². The minimum Gasteiger partial charge on any atom is -0.457 e. The third-order valence-electron chi connectivity index (χ3n) is 4.08. The summed E-state index contributed by atoms with van der Waals surface area (Å²) in [5.41, 5.74) is 1.16. The first-order valence-electron chi connectivity index (χ1n) is 8.68. The van der Waals surface area contributed by atoms with Gasteiger partial charge in [-0.2, -0.15) is 0 Å². The molecule has 0 aromatic heterocycles. The van der Waals surface area contributed by atoms with Gasteiger partial charge in [0.05, 0.1) is 6.61 Å². The second-order valence-electron chi connectivity index (χ2n) is 6.05. The summed E-state index contributed by atoms with van der Waals surface area (Å²) >= 11 is 0. The molecule has 3 rings (SSSR count). The average Bonchev–Trinajstić information content (AvgIpc) is 2.63. The van der Waals surface area contributed by atoms with Crippen molar-refractivity contribution in [3.63, 3.8) is 0 Å². The number of rotatable bonds is 6. The highest BCUT2D eigenvalue weighted by Gasteiger charge is 2.26. The predicted molar refractivity (Wildman–Crippen MR) is 96.7 cm³/mol. The fourth-order valence-corrected chi connectivity index (χ4v) is 2.88. The lowest BCUT2D eigenvalue weighted by Gasteiger charge is -2.32. The fraction of sp³-hybridized carbons (Fsp3) is 0.350. The Morgan fingerprint density at radius 2 is 2.00 bits per heavy atom. The molecule has 1 heterocycles. The Morgan fingerprint density at radius 1 is 1.20 bits per heavy atom. The minimum atomic E-state index is -0.391. The summed E-state index contributed by atoms with van der Waals surface area (Å²) in [6, 6.07) is 17.8. The van der Waals surface area contributed by atoms with E-state index in [0.717, 1.165) is 30.2 Å². The summed E-state index contributed by atoms with van der Waals surface area (Å²) in [6.07, 6.45) is -0.391. The molecule has 1 aliphatic rings. The van der Waals surface area contributed by atoms with Gasteiger partial charge >= 0.3 is 0 Å². The summed E-state index contributed by atoms with van der Waals surface area (Å²) < 4.78 is 11.5. The van der Waals surface area contributed by atoms with E-state index in [-0.39, 0.29) is 5.91 Å². The molecule has 2 aromatic rings. The van der Waals surface area contributed by atoms with E-state index in [9.17, 15) is 4.79 Å². The van der Waals surface area contributed by atoms with Gasteiger partial charge in [0, 0.05) is 26.2 Å². The van der Waals surface area contributed by atoms with Crippen molar-refractivity contribution in [3.8, 4) is 11.5 Å². The second-order valence-corrected chi connectivity index (χ2v) is 6.05. The molecule has 2 aromatic carbocycles. The van der Waals surface area contributed by atoms with Crippen LogP contribution in [0.5, 0.6) is 11.5 Å². The molecule has 0 aliphatic carbocycles. The number of carbonyl (C=O) groups excluding carboxylic acids is 1. The van der Waals surface area contributed by atoms with Crippen molar-refractivity contribution in [2.45, 2.75) is 19.6 Å². The molecule has 1 atom stereocenters. The molecule has 5 nitrogen and oxygen atoms in total. The highest BCUT2D eigenvalue weighted by molar-refractivity contribution is 5.81. The van der Waals surface area contributed by atoms with Gasteiger partial charge in [0.15, 0.2) is 0 Å². The number of carbonyl (C=O) groups is 1. The van der Waals surface area contributed by atoms with E-state index in [1.165, 1.54) is 0 Å². The van der Waals surface area contributed by atoms with E-state index >= 15 is 0 Å². The molecule has 1 amide bonds. The Bertz CT molecular complexity index is 690. The van der Waals surface area contributed by atoms with Crippen molar-refractivity contribution in [2.24, 2.45) is 0 Å². The first kappa shape index (κ1) is 17.5. The maximum atomic E-state index is 12.0. The zero-order valence-electron chi connectivity index (χ0n) is 14.5. The smallest absolute Gasteiger partial charge is 0.250 e. The maximum absolute atomic E-state index is 12.0. The van der Waals surface area contributed by atoms with Gasteiger partial charge in [-0.05, 0) is 36.8 Å². The number of para-hydroxylation sites is 1. The number of hydrogen-bond donors (Lipinski definition) is 1. The van der Waals surface area contributed by atoms with E-state index in [4.69, 9.17) is 9.47 Å². The minimum absolute atomic E-state index is 0.0339. The SMILES string of the molecule is CCNC(=O)[C@@H]1CN(Cc2cccc(Oc3ccccc3)c2)CCO1. The highest BCUT2D eigenvalue weighted by Crippen LogP contribution is 2.22. The molecule has 25 heavy (non-hydrogen) atoms. The van der Waals surface area contributed by atoms with Crippen LogP contribution in [0.3, 0.4) is 0 Å². The quantitative estimate of drug-likeness (QED) is 0.878. The van der Waals surface area contributed by atoms with Crippen LogP contribution in [0, 0.1) is 0 Å². The Kier molecular flexibility index (Phi) is 6.04. The molecule has 0 unspecified atom stereocenters. The third kappa shape index (κ3) is 5.05. The number of amides is 1. The molecule has 1 N–H and O–H groups in total. The van der Waals surface area contributed by atoms with Crippen LogP contribution in [0.1, 0.15) is 12.5 Å². The standard InChI is InChI=1S/C20H24N2O3/c1-2-21-20(23)19-15-22(11-12-24-19)14-16-7-6-10-18(13-16)25-17-8-4-3-5-9-17/h3-10,13,19H,2,11-12,14-15H2,1H3,(H,21,23)/t19-/m0/s1. The number of ether oxygens (including phenoxy) is 2. The van der Waals surface area contributed by atoms with Crippen LogP contribution >= 0.6 is 0 Å². The summed E-state index contributed by atoms with van der Waals surface area (Å²) in [4.78, 5) is 14.2. The molecule has 0 bridgehead atoms. The Hall–Kier alpha value is -2.37. The van der Waals surface area contributed by atoms with E-state index in [0.29, 0.717) is 19.7 Å². The number of benzene rings is 2. The molecule has 132 valence electrons. The Labute approximate surface area is 148 Å². The number of nitrogens with one attached hydrogen (secondary N) is 1. The molecule has 1 aliphatic heterocycles. The van der Waals surface area contributed by atoms with Gasteiger partial charge in [0.25, 0.3) is 0 Å². The van der Waals surface area contributed by atoms with Gasteiger partial charge in [0.1, 0.15) is 17.6 Å². The Morgan fingerprint density at radius 3 is 2.80 bits per heavy atom. The van der Waals surface area contributed by atoms with Crippen molar-refractivity contribution in [1.82, 2.24) is 10.2 Å². The zero-order chi connectivity index (χ0) is 17.5. The number of likely N-dealkylation sites (N-methyl/N-ethyl adjacent to an activating group) is 1. The van der Waals surface area contributed by atoms with Crippen LogP contribution < -0.4 is 10.1 Å². The lowest BCUT2D eigenvalue weighted by Crippen LogP contribution is -2.49. The molecular formula is C20H24N2O3. The highest BCUT2D eigenvalue weighted by atomic mass is 16.5. The van der Waals surface area contributed by atoms with Crippen LogP contribution in [-0.4, -0.2) is 43.2 Å². The molecule has 1 fully saturated rings. The van der Waals surface area contributed by atoms with Crippen molar-refractivity contribution in [1.29, 1.82) is 0 Å². The molecule has 0 saturated carbocycles. The van der Waals surface area contributed by atoms with Crippen LogP contribution in [0.2, 0.25) is 0 Å². The lowest BCUT2D eigenvalue weighted by molar-refractivity contribution is -0.138. The van der Waals surface area contributed by atoms with Crippen molar-refractivity contribution in [2.75, 3.05) is 26.2 Å². The maximum Gasteiger partial charge on any atom is 0.250 e. The first-order chi connectivity index (χ1) is 12.2. The van der Waals surface area contributed by atoms with Gasteiger partial charge in [-0.15, -0.1) is 0 Å². The second kappa shape index (κ2) is 8.65. The molecule has 1 saturated heterocycles. The van der Waals surface area contributed by atoms with Crippen LogP contribution in [0.4, 0.5) is 0 Å². The summed E-state index contributed by atoms with van der Waals surface area (Å²) in [6.45, 7) is 5.30. The molecule has 5 heteroatoms. The van der Waals surface area contributed by atoms with E-state index in [1.54, 1.807) is 0 Å². The third-order valence-corrected chi connectivity index (χ3v) is 4.08. The zero-order valence-corrected chi connectivity index (χ0v) is 14.5.